The number of pyridine rings is 1. The van der Waals surface area contributed by atoms with Crippen LogP contribution in [0.25, 0.3) is 11.1 Å². The fourth-order valence-electron chi connectivity index (χ4n) is 3.45. The molecule has 0 radical (unpaired) electrons. The molecule has 7 nitrogen and oxygen atoms in total. The molecule has 3 N–H and O–H groups in total. The van der Waals surface area contributed by atoms with Crippen molar-refractivity contribution in [3.63, 3.8) is 0 Å². The Morgan fingerprint density at radius 1 is 1.44 bits per heavy atom. The first-order chi connectivity index (χ1) is 12.2. The molecular weight excluding hydrogens is 320 g/mol. The number of aliphatic hydroxyl groups excluding tert-OH is 1. The second-order valence-electron chi connectivity index (χ2n) is 7.12. The van der Waals surface area contributed by atoms with Gasteiger partial charge in [0, 0.05) is 37.2 Å². The van der Waals surface area contributed by atoms with Crippen molar-refractivity contribution in [1.82, 2.24) is 20.8 Å². The van der Waals surface area contributed by atoms with Crippen LogP contribution in [-0.4, -0.2) is 46.9 Å². The molecule has 7 heteroatoms. The highest BCUT2D eigenvalue weighted by Crippen LogP contribution is 2.40. The van der Waals surface area contributed by atoms with Crippen LogP contribution in [0, 0.1) is 5.92 Å². The lowest BCUT2D eigenvalue weighted by Crippen LogP contribution is -2.34. The number of hydrogen-bond donors (Lipinski definition) is 3. The maximum atomic E-state index is 12.9. The summed E-state index contributed by atoms with van der Waals surface area (Å²) in [5, 5.41) is 20.9. The third-order valence-corrected chi connectivity index (χ3v) is 5.09. The van der Waals surface area contributed by atoms with Gasteiger partial charge in [-0.05, 0) is 25.3 Å². The molecule has 4 rings (SSSR count). The van der Waals surface area contributed by atoms with E-state index in [9.17, 15) is 9.90 Å². The molecule has 0 spiro atoms. The number of nitrogens with zero attached hydrogens (tertiary/aromatic N) is 2. The van der Waals surface area contributed by atoms with Crippen molar-refractivity contribution >= 4 is 17.0 Å². The van der Waals surface area contributed by atoms with Crippen molar-refractivity contribution in [3.8, 4) is 0 Å². The molecule has 2 unspecified atom stereocenters. The van der Waals surface area contributed by atoms with Gasteiger partial charge < -0.3 is 20.3 Å². The van der Waals surface area contributed by atoms with Gasteiger partial charge in [-0.15, -0.1) is 0 Å². The van der Waals surface area contributed by atoms with Gasteiger partial charge >= 0.3 is 0 Å². The van der Waals surface area contributed by atoms with Gasteiger partial charge in [0.15, 0.2) is 0 Å². The summed E-state index contributed by atoms with van der Waals surface area (Å²) < 4.78 is 5.41. The number of fused-ring (bicyclic) bond motifs is 1. The summed E-state index contributed by atoms with van der Waals surface area (Å²) >= 11 is 0. The minimum atomic E-state index is -0.411. The van der Waals surface area contributed by atoms with E-state index in [1.165, 1.54) is 0 Å². The zero-order valence-electron chi connectivity index (χ0n) is 14.4. The molecule has 3 heterocycles. The smallest absolute Gasteiger partial charge is 0.259 e. The summed E-state index contributed by atoms with van der Waals surface area (Å²) in [7, 11) is 0. The van der Waals surface area contributed by atoms with Crippen molar-refractivity contribution in [2.75, 3.05) is 19.6 Å². The minimum absolute atomic E-state index is 0.0433. The molecule has 1 aliphatic heterocycles. The second-order valence-corrected chi connectivity index (χ2v) is 7.12. The number of aryl methyl sites for hydroxylation is 1. The van der Waals surface area contributed by atoms with Crippen molar-refractivity contribution in [2.45, 2.75) is 44.6 Å². The maximum absolute atomic E-state index is 12.9. The van der Waals surface area contributed by atoms with Gasteiger partial charge in [-0.1, -0.05) is 18.5 Å². The number of aromatic nitrogens is 2. The third-order valence-electron chi connectivity index (χ3n) is 5.09. The Labute approximate surface area is 146 Å². The van der Waals surface area contributed by atoms with Gasteiger partial charge in [-0.2, -0.15) is 0 Å². The number of aliphatic hydroxyl groups is 1. The Balaban J connectivity index is 1.63. The monoisotopic (exact) mass is 344 g/mol. The summed E-state index contributed by atoms with van der Waals surface area (Å²) in [6.07, 6.45) is 3.48. The second kappa shape index (κ2) is 6.72. The molecule has 1 amide bonds. The van der Waals surface area contributed by atoms with Crippen LogP contribution < -0.4 is 10.6 Å². The predicted octanol–water partition coefficient (Wildman–Crippen LogP) is 1.36. The Morgan fingerprint density at radius 3 is 2.96 bits per heavy atom. The number of hydrogen-bond acceptors (Lipinski definition) is 6. The van der Waals surface area contributed by atoms with Crippen molar-refractivity contribution in [1.29, 1.82) is 0 Å². The first-order valence-electron chi connectivity index (χ1n) is 9.13. The Kier molecular flexibility index (Phi) is 4.43. The highest BCUT2D eigenvalue weighted by atomic mass is 16.5. The molecule has 1 aliphatic carbocycles. The molecule has 25 heavy (non-hydrogen) atoms. The summed E-state index contributed by atoms with van der Waals surface area (Å²) in [5.74, 6) is 0.326. The number of carbonyl (C=O) groups excluding carboxylic acids is 1. The van der Waals surface area contributed by atoms with E-state index in [1.807, 2.05) is 6.07 Å². The Bertz CT molecular complexity index is 784. The Hall–Kier alpha value is -1.99. The maximum Gasteiger partial charge on any atom is 0.259 e. The number of rotatable bonds is 6. The number of nitrogens with one attached hydrogen (secondary N) is 2. The third kappa shape index (κ3) is 3.26. The van der Waals surface area contributed by atoms with Gasteiger partial charge in [-0.25, -0.2) is 4.98 Å². The summed E-state index contributed by atoms with van der Waals surface area (Å²) in [6, 6.07) is 1.90. The van der Waals surface area contributed by atoms with E-state index in [1.54, 1.807) is 0 Å². The first-order valence-corrected chi connectivity index (χ1v) is 9.13. The van der Waals surface area contributed by atoms with E-state index in [4.69, 9.17) is 4.52 Å². The van der Waals surface area contributed by atoms with Gasteiger partial charge in [0.2, 0.25) is 0 Å². The van der Waals surface area contributed by atoms with Crippen LogP contribution in [0.3, 0.4) is 0 Å². The lowest BCUT2D eigenvalue weighted by Gasteiger charge is -2.14. The topological polar surface area (TPSA) is 100 Å². The van der Waals surface area contributed by atoms with Crippen molar-refractivity contribution in [3.05, 3.63) is 23.0 Å². The zero-order valence-corrected chi connectivity index (χ0v) is 14.4. The molecule has 2 aliphatic rings. The standard InChI is InChI=1S/C18H24N4O3/c1-2-3-13-16-12(17(24)20-8-11-7-19-9-15(11)23)6-14(10-4-5-10)21-18(16)25-22-13/h6,10-11,15,19,23H,2-5,7-9H2,1H3,(H,20,24). The molecule has 2 atom stereocenters. The van der Waals surface area contributed by atoms with E-state index in [2.05, 4.69) is 27.7 Å². The van der Waals surface area contributed by atoms with E-state index in [0.29, 0.717) is 30.3 Å². The molecule has 134 valence electrons. The van der Waals surface area contributed by atoms with E-state index in [0.717, 1.165) is 49.0 Å². The van der Waals surface area contributed by atoms with Crippen LogP contribution in [-0.2, 0) is 6.42 Å². The van der Waals surface area contributed by atoms with Crippen molar-refractivity contribution < 1.29 is 14.4 Å². The quantitative estimate of drug-likeness (QED) is 0.732. The number of β-amino-alcohol motifs (C(OH)–C–C–N with tert-alkyl or cyclic N) is 1. The van der Waals surface area contributed by atoms with Crippen LogP contribution in [0.4, 0.5) is 0 Å². The first kappa shape index (κ1) is 16.5. The highest BCUT2D eigenvalue weighted by molar-refractivity contribution is 6.06. The van der Waals surface area contributed by atoms with Gasteiger partial charge in [0.25, 0.3) is 11.6 Å². The highest BCUT2D eigenvalue weighted by Gasteiger charge is 2.30. The summed E-state index contributed by atoms with van der Waals surface area (Å²) in [5.41, 5.74) is 2.76. The average Bonchev–Trinajstić information content (AvgIpc) is 3.27. The predicted molar refractivity (Wildman–Crippen MR) is 92.5 cm³/mol. The van der Waals surface area contributed by atoms with Crippen LogP contribution in [0.15, 0.2) is 10.6 Å². The molecule has 2 aromatic rings. The van der Waals surface area contributed by atoms with Crippen LogP contribution in [0.5, 0.6) is 0 Å². The largest absolute Gasteiger partial charge is 0.391 e. The zero-order chi connectivity index (χ0) is 17.4. The molecule has 1 saturated heterocycles. The lowest BCUT2D eigenvalue weighted by atomic mass is 10.0. The van der Waals surface area contributed by atoms with E-state index < -0.39 is 6.10 Å². The molecule has 0 aromatic carbocycles. The lowest BCUT2D eigenvalue weighted by molar-refractivity contribution is 0.0928. The van der Waals surface area contributed by atoms with E-state index >= 15 is 0 Å². The van der Waals surface area contributed by atoms with Gasteiger partial charge in [-0.3, -0.25) is 4.79 Å². The normalized spacial score (nSPS) is 23.3. The number of carbonyl (C=O) groups is 1. The summed E-state index contributed by atoms with van der Waals surface area (Å²) in [4.78, 5) is 17.4. The van der Waals surface area contributed by atoms with Gasteiger partial charge in [0.05, 0.1) is 22.7 Å². The molecule has 0 bridgehead atoms. The molecule has 2 aromatic heterocycles. The van der Waals surface area contributed by atoms with E-state index in [-0.39, 0.29) is 11.8 Å². The minimum Gasteiger partial charge on any atom is -0.391 e. The average molecular weight is 344 g/mol. The molecule has 2 fully saturated rings. The van der Waals surface area contributed by atoms with Crippen LogP contribution >= 0.6 is 0 Å². The van der Waals surface area contributed by atoms with Crippen LogP contribution in [0.1, 0.15) is 53.8 Å². The fraction of sp³-hybridized carbons (Fsp3) is 0.611. The van der Waals surface area contributed by atoms with Crippen molar-refractivity contribution in [2.24, 2.45) is 5.92 Å². The SMILES string of the molecule is CCCc1noc2nc(C3CC3)cc(C(=O)NCC3CNCC3O)c12. The summed E-state index contributed by atoms with van der Waals surface area (Å²) in [6.45, 7) is 3.82. The van der Waals surface area contributed by atoms with Crippen LogP contribution in [0.2, 0.25) is 0 Å². The molecular formula is C18H24N4O3. The number of amides is 1. The van der Waals surface area contributed by atoms with Gasteiger partial charge in [0.1, 0.15) is 0 Å². The fourth-order valence-corrected chi connectivity index (χ4v) is 3.45. The Morgan fingerprint density at radius 2 is 2.28 bits per heavy atom. The molecule has 1 saturated carbocycles.